The van der Waals surface area contributed by atoms with Gasteiger partial charge in [0.1, 0.15) is 0 Å². The van der Waals surface area contributed by atoms with Crippen LogP contribution in [-0.2, 0) is 12.8 Å². The minimum Gasteiger partial charge on any atom is -0.327 e. The molecular weight excluding hydrogens is 240 g/mol. The van der Waals surface area contributed by atoms with Gasteiger partial charge >= 0.3 is 0 Å². The van der Waals surface area contributed by atoms with Gasteiger partial charge in [0, 0.05) is 17.7 Å². The van der Waals surface area contributed by atoms with Gasteiger partial charge < -0.3 is 5.73 Å². The second-order valence-corrected chi connectivity index (χ2v) is 4.54. The van der Waals surface area contributed by atoms with E-state index >= 15 is 0 Å². The van der Waals surface area contributed by atoms with E-state index in [1.54, 1.807) is 18.2 Å². The molecule has 1 atom stereocenters. The monoisotopic (exact) mass is 256 g/mol. The number of nitro groups is 1. The average Bonchev–Trinajstić information content (AvgIpc) is 2.40. The molecule has 2 rings (SSSR count). The summed E-state index contributed by atoms with van der Waals surface area (Å²) in [6.45, 7) is 0. The van der Waals surface area contributed by atoms with Gasteiger partial charge in [0.25, 0.3) is 5.69 Å². The van der Waals surface area contributed by atoms with Crippen LogP contribution < -0.4 is 5.73 Å². The highest BCUT2D eigenvalue weighted by Crippen LogP contribution is 2.19. The summed E-state index contributed by atoms with van der Waals surface area (Å²) in [5.74, 6) is 0. The summed E-state index contributed by atoms with van der Waals surface area (Å²) >= 11 is 0. The van der Waals surface area contributed by atoms with Crippen LogP contribution in [0.3, 0.4) is 0 Å². The van der Waals surface area contributed by atoms with E-state index in [0.717, 1.165) is 5.56 Å². The second-order valence-electron chi connectivity index (χ2n) is 4.54. The molecule has 0 fully saturated rings. The first-order valence-electron chi connectivity index (χ1n) is 6.18. The standard InChI is InChI=1S/C15H16N2O2/c16-14(10-12-6-2-1-3-7-12)11-13-8-4-5-9-15(13)17(18)19/h1-9,14H,10-11,16H2. The molecule has 0 spiro atoms. The molecule has 0 saturated carbocycles. The van der Waals surface area contributed by atoms with Crippen molar-refractivity contribution in [2.24, 2.45) is 5.73 Å². The van der Waals surface area contributed by atoms with Crippen molar-refractivity contribution in [3.05, 3.63) is 75.8 Å². The minimum atomic E-state index is -0.357. The summed E-state index contributed by atoms with van der Waals surface area (Å²) < 4.78 is 0. The summed E-state index contributed by atoms with van der Waals surface area (Å²) in [6, 6.07) is 16.5. The van der Waals surface area contributed by atoms with E-state index in [0.29, 0.717) is 18.4 Å². The van der Waals surface area contributed by atoms with E-state index in [9.17, 15) is 10.1 Å². The smallest absolute Gasteiger partial charge is 0.272 e. The average molecular weight is 256 g/mol. The maximum absolute atomic E-state index is 10.9. The Morgan fingerprint density at radius 1 is 1.00 bits per heavy atom. The summed E-state index contributed by atoms with van der Waals surface area (Å²) in [7, 11) is 0. The van der Waals surface area contributed by atoms with E-state index < -0.39 is 0 Å². The Hall–Kier alpha value is -2.20. The van der Waals surface area contributed by atoms with Gasteiger partial charge in [0.15, 0.2) is 0 Å². The molecule has 0 bridgehead atoms. The Morgan fingerprint density at radius 3 is 2.32 bits per heavy atom. The molecule has 0 radical (unpaired) electrons. The van der Waals surface area contributed by atoms with Crippen LogP contribution in [0, 0.1) is 10.1 Å². The van der Waals surface area contributed by atoms with Crippen molar-refractivity contribution in [1.29, 1.82) is 0 Å². The topological polar surface area (TPSA) is 69.2 Å². The largest absolute Gasteiger partial charge is 0.327 e. The Balaban J connectivity index is 2.07. The molecule has 0 aromatic heterocycles. The van der Waals surface area contributed by atoms with Gasteiger partial charge in [-0.3, -0.25) is 10.1 Å². The zero-order valence-electron chi connectivity index (χ0n) is 10.5. The maximum Gasteiger partial charge on any atom is 0.272 e. The molecule has 2 aromatic rings. The lowest BCUT2D eigenvalue weighted by Gasteiger charge is -2.11. The first kappa shape index (κ1) is 13.2. The first-order valence-corrected chi connectivity index (χ1v) is 6.18. The van der Waals surface area contributed by atoms with Crippen LogP contribution in [0.2, 0.25) is 0 Å². The third-order valence-electron chi connectivity index (χ3n) is 3.01. The molecule has 0 saturated heterocycles. The Kier molecular flexibility index (Phi) is 4.26. The Bertz CT molecular complexity index is 555. The van der Waals surface area contributed by atoms with Crippen molar-refractivity contribution in [1.82, 2.24) is 0 Å². The van der Waals surface area contributed by atoms with Crippen molar-refractivity contribution in [2.75, 3.05) is 0 Å². The first-order chi connectivity index (χ1) is 9.16. The number of benzene rings is 2. The number of hydrogen-bond acceptors (Lipinski definition) is 3. The fraction of sp³-hybridized carbons (Fsp3) is 0.200. The van der Waals surface area contributed by atoms with Gasteiger partial charge in [-0.1, -0.05) is 48.5 Å². The van der Waals surface area contributed by atoms with Gasteiger partial charge in [-0.15, -0.1) is 0 Å². The van der Waals surface area contributed by atoms with Gasteiger partial charge in [-0.2, -0.15) is 0 Å². The molecule has 0 aliphatic heterocycles. The predicted molar refractivity (Wildman–Crippen MR) is 74.9 cm³/mol. The zero-order chi connectivity index (χ0) is 13.7. The molecule has 2 N–H and O–H groups in total. The maximum atomic E-state index is 10.9. The molecule has 0 aliphatic rings. The van der Waals surface area contributed by atoms with Crippen LogP contribution in [0.5, 0.6) is 0 Å². The molecule has 19 heavy (non-hydrogen) atoms. The predicted octanol–water partition coefficient (Wildman–Crippen LogP) is 2.71. The van der Waals surface area contributed by atoms with Crippen molar-refractivity contribution in [2.45, 2.75) is 18.9 Å². The SMILES string of the molecule is NC(Cc1ccccc1)Cc1ccccc1[N+](=O)[O-]. The van der Waals surface area contributed by atoms with E-state index in [1.807, 2.05) is 30.3 Å². The van der Waals surface area contributed by atoms with E-state index in [2.05, 4.69) is 0 Å². The number of nitro benzene ring substituents is 1. The number of nitrogens with two attached hydrogens (primary N) is 1. The number of rotatable bonds is 5. The molecule has 2 aromatic carbocycles. The number of hydrogen-bond donors (Lipinski definition) is 1. The minimum absolute atomic E-state index is 0.122. The van der Waals surface area contributed by atoms with Crippen LogP contribution in [0.1, 0.15) is 11.1 Å². The molecule has 0 aliphatic carbocycles. The molecule has 4 heteroatoms. The van der Waals surface area contributed by atoms with Crippen LogP contribution >= 0.6 is 0 Å². The highest BCUT2D eigenvalue weighted by Gasteiger charge is 2.15. The van der Waals surface area contributed by atoms with Crippen molar-refractivity contribution >= 4 is 5.69 Å². The summed E-state index contributed by atoms with van der Waals surface area (Å²) in [6.07, 6.45) is 1.22. The molecule has 4 nitrogen and oxygen atoms in total. The van der Waals surface area contributed by atoms with Gasteiger partial charge in [0.2, 0.25) is 0 Å². The number of nitrogens with zero attached hydrogens (tertiary/aromatic N) is 1. The van der Waals surface area contributed by atoms with Crippen LogP contribution in [0.4, 0.5) is 5.69 Å². The fourth-order valence-corrected chi connectivity index (χ4v) is 2.13. The van der Waals surface area contributed by atoms with E-state index in [4.69, 9.17) is 5.73 Å². The van der Waals surface area contributed by atoms with Gasteiger partial charge in [0.05, 0.1) is 4.92 Å². The molecule has 0 amide bonds. The van der Waals surface area contributed by atoms with E-state index in [-0.39, 0.29) is 16.7 Å². The lowest BCUT2D eigenvalue weighted by molar-refractivity contribution is -0.385. The molecule has 1 unspecified atom stereocenters. The number of para-hydroxylation sites is 1. The second kappa shape index (κ2) is 6.11. The van der Waals surface area contributed by atoms with E-state index in [1.165, 1.54) is 6.07 Å². The highest BCUT2D eigenvalue weighted by molar-refractivity contribution is 5.40. The Labute approximate surface area is 112 Å². The normalized spacial score (nSPS) is 12.1. The van der Waals surface area contributed by atoms with Gasteiger partial charge in [-0.05, 0) is 18.4 Å². The van der Waals surface area contributed by atoms with Crippen molar-refractivity contribution in [3.63, 3.8) is 0 Å². The quantitative estimate of drug-likeness (QED) is 0.660. The highest BCUT2D eigenvalue weighted by atomic mass is 16.6. The van der Waals surface area contributed by atoms with Crippen LogP contribution in [0.15, 0.2) is 54.6 Å². The zero-order valence-corrected chi connectivity index (χ0v) is 10.5. The summed E-state index contributed by atoms with van der Waals surface area (Å²) in [5.41, 5.74) is 8.07. The molecule has 0 heterocycles. The van der Waals surface area contributed by atoms with Crippen LogP contribution in [0.25, 0.3) is 0 Å². The molecular formula is C15H16N2O2. The summed E-state index contributed by atoms with van der Waals surface area (Å²) in [4.78, 5) is 10.6. The van der Waals surface area contributed by atoms with Crippen molar-refractivity contribution < 1.29 is 4.92 Å². The summed E-state index contributed by atoms with van der Waals surface area (Å²) in [5, 5.41) is 10.9. The lowest BCUT2D eigenvalue weighted by Crippen LogP contribution is -2.25. The van der Waals surface area contributed by atoms with Crippen molar-refractivity contribution in [3.8, 4) is 0 Å². The molecule has 98 valence electrons. The third kappa shape index (κ3) is 3.63. The van der Waals surface area contributed by atoms with Crippen LogP contribution in [-0.4, -0.2) is 11.0 Å². The third-order valence-corrected chi connectivity index (χ3v) is 3.01. The Morgan fingerprint density at radius 2 is 1.63 bits per heavy atom. The lowest BCUT2D eigenvalue weighted by atomic mass is 9.99. The fourth-order valence-electron chi connectivity index (χ4n) is 2.13. The van der Waals surface area contributed by atoms with Gasteiger partial charge in [-0.25, -0.2) is 0 Å².